The van der Waals surface area contributed by atoms with E-state index in [1.54, 1.807) is 12.1 Å². The predicted octanol–water partition coefficient (Wildman–Crippen LogP) is 1.47. The minimum Gasteiger partial charge on any atom is -0.432 e. The van der Waals surface area contributed by atoms with Crippen LogP contribution in [0.4, 0.5) is 11.6 Å². The first-order valence-corrected chi connectivity index (χ1v) is 5.61. The molecule has 0 fully saturated rings. The Kier molecular flexibility index (Phi) is 3.71. The predicted molar refractivity (Wildman–Crippen MR) is 70.3 cm³/mol. The molecule has 20 heavy (non-hydrogen) atoms. The zero-order chi connectivity index (χ0) is 14.7. The van der Waals surface area contributed by atoms with Crippen LogP contribution in [-0.2, 0) is 0 Å². The van der Waals surface area contributed by atoms with E-state index in [1.807, 2.05) is 6.92 Å². The van der Waals surface area contributed by atoms with Crippen molar-refractivity contribution in [1.29, 1.82) is 0 Å². The van der Waals surface area contributed by atoms with Gasteiger partial charge in [0.1, 0.15) is 11.4 Å². The van der Waals surface area contributed by atoms with E-state index < -0.39 is 4.92 Å². The van der Waals surface area contributed by atoms with E-state index in [9.17, 15) is 10.1 Å². The molecule has 2 rings (SSSR count). The summed E-state index contributed by atoms with van der Waals surface area (Å²) in [5.74, 6) is 5.38. The monoisotopic (exact) mass is 276 g/mol. The van der Waals surface area contributed by atoms with Gasteiger partial charge in [-0.1, -0.05) is 0 Å². The van der Waals surface area contributed by atoms with E-state index in [0.717, 1.165) is 5.69 Å². The number of hydrogen-bond acceptors (Lipinski definition) is 8. The van der Waals surface area contributed by atoms with Crippen molar-refractivity contribution in [3.8, 4) is 11.6 Å². The highest BCUT2D eigenvalue weighted by Crippen LogP contribution is 2.31. The van der Waals surface area contributed by atoms with Gasteiger partial charge in [-0.15, -0.1) is 0 Å². The molecule has 0 amide bonds. The zero-order valence-electron chi connectivity index (χ0n) is 10.8. The van der Waals surface area contributed by atoms with Crippen molar-refractivity contribution in [2.24, 2.45) is 5.84 Å². The van der Waals surface area contributed by atoms with Crippen molar-refractivity contribution in [3.63, 3.8) is 0 Å². The maximum atomic E-state index is 11.1. The Morgan fingerprint density at radius 1 is 1.35 bits per heavy atom. The molecule has 9 nitrogen and oxygen atoms in total. The Labute approximate surface area is 114 Å². The summed E-state index contributed by atoms with van der Waals surface area (Å²) >= 11 is 0. The number of aryl methyl sites for hydroxylation is 2. The third-order valence-corrected chi connectivity index (χ3v) is 2.44. The number of nitrogen functional groups attached to an aromatic ring is 1. The smallest absolute Gasteiger partial charge is 0.352 e. The van der Waals surface area contributed by atoms with Crippen LogP contribution in [-0.4, -0.2) is 19.9 Å². The first-order valence-electron chi connectivity index (χ1n) is 5.61. The summed E-state index contributed by atoms with van der Waals surface area (Å²) in [4.78, 5) is 22.2. The highest BCUT2D eigenvalue weighted by Gasteiger charge is 2.24. The van der Waals surface area contributed by atoms with Crippen LogP contribution in [0.15, 0.2) is 18.3 Å². The quantitative estimate of drug-likeness (QED) is 0.488. The SMILES string of the molecule is Cc1ccc(Oc2nc(NN)nc(C)c2[N+](=O)[O-])cn1. The normalized spacial score (nSPS) is 10.2. The van der Waals surface area contributed by atoms with Crippen molar-refractivity contribution in [3.05, 3.63) is 39.8 Å². The van der Waals surface area contributed by atoms with Crippen molar-refractivity contribution in [1.82, 2.24) is 15.0 Å². The number of rotatable bonds is 4. The average molecular weight is 276 g/mol. The molecule has 0 saturated carbocycles. The fourth-order valence-electron chi connectivity index (χ4n) is 1.51. The third-order valence-electron chi connectivity index (χ3n) is 2.44. The second-order valence-electron chi connectivity index (χ2n) is 3.93. The van der Waals surface area contributed by atoms with Crippen LogP contribution in [0.5, 0.6) is 11.6 Å². The highest BCUT2D eigenvalue weighted by molar-refractivity contribution is 5.50. The van der Waals surface area contributed by atoms with E-state index in [4.69, 9.17) is 10.6 Å². The molecule has 0 aromatic carbocycles. The standard InChI is InChI=1S/C11H12N6O3/c1-6-3-4-8(5-13-6)20-10-9(17(18)19)7(2)14-11(15-10)16-12/h3-5H,12H2,1-2H3,(H,14,15,16). The van der Waals surface area contributed by atoms with Gasteiger partial charge in [0.25, 0.3) is 0 Å². The summed E-state index contributed by atoms with van der Waals surface area (Å²) in [5.41, 5.74) is 2.86. The molecule has 2 aromatic rings. The van der Waals surface area contributed by atoms with Gasteiger partial charge in [0, 0.05) is 5.69 Å². The lowest BCUT2D eigenvalue weighted by atomic mass is 10.3. The van der Waals surface area contributed by atoms with Crippen LogP contribution in [0, 0.1) is 24.0 Å². The van der Waals surface area contributed by atoms with Gasteiger partial charge in [0.05, 0.1) is 11.1 Å². The van der Waals surface area contributed by atoms with E-state index in [1.165, 1.54) is 13.1 Å². The van der Waals surface area contributed by atoms with Gasteiger partial charge in [-0.2, -0.15) is 4.98 Å². The Morgan fingerprint density at radius 3 is 2.65 bits per heavy atom. The molecule has 2 aromatic heterocycles. The first-order chi connectivity index (χ1) is 9.51. The van der Waals surface area contributed by atoms with Crippen LogP contribution in [0.2, 0.25) is 0 Å². The van der Waals surface area contributed by atoms with Crippen molar-refractivity contribution in [2.75, 3.05) is 5.43 Å². The van der Waals surface area contributed by atoms with Crippen molar-refractivity contribution in [2.45, 2.75) is 13.8 Å². The molecule has 0 aliphatic rings. The van der Waals surface area contributed by atoms with Crippen molar-refractivity contribution < 1.29 is 9.66 Å². The Morgan fingerprint density at radius 2 is 2.10 bits per heavy atom. The molecule has 104 valence electrons. The van der Waals surface area contributed by atoms with Gasteiger partial charge < -0.3 is 4.74 Å². The van der Waals surface area contributed by atoms with Gasteiger partial charge >= 0.3 is 11.6 Å². The number of pyridine rings is 1. The second-order valence-corrected chi connectivity index (χ2v) is 3.93. The lowest BCUT2D eigenvalue weighted by molar-refractivity contribution is -0.386. The zero-order valence-corrected chi connectivity index (χ0v) is 10.8. The molecule has 2 heterocycles. The molecule has 0 atom stereocenters. The molecule has 0 spiro atoms. The molecule has 0 aliphatic heterocycles. The summed E-state index contributed by atoms with van der Waals surface area (Å²) in [7, 11) is 0. The molecule has 0 saturated heterocycles. The summed E-state index contributed by atoms with van der Waals surface area (Å²) in [6.45, 7) is 3.29. The van der Waals surface area contributed by atoms with Crippen LogP contribution >= 0.6 is 0 Å². The summed E-state index contributed by atoms with van der Waals surface area (Å²) in [6, 6.07) is 3.36. The summed E-state index contributed by atoms with van der Waals surface area (Å²) < 4.78 is 5.40. The second kappa shape index (κ2) is 5.45. The van der Waals surface area contributed by atoms with Crippen LogP contribution in [0.25, 0.3) is 0 Å². The van der Waals surface area contributed by atoms with Gasteiger partial charge in [-0.05, 0) is 26.0 Å². The van der Waals surface area contributed by atoms with Gasteiger partial charge in [0.2, 0.25) is 5.95 Å². The largest absolute Gasteiger partial charge is 0.432 e. The van der Waals surface area contributed by atoms with E-state index in [-0.39, 0.29) is 23.2 Å². The lowest BCUT2D eigenvalue weighted by Gasteiger charge is -2.08. The van der Waals surface area contributed by atoms with E-state index >= 15 is 0 Å². The average Bonchev–Trinajstić information content (AvgIpc) is 2.40. The fourth-order valence-corrected chi connectivity index (χ4v) is 1.51. The number of ether oxygens (including phenoxy) is 1. The minimum absolute atomic E-state index is 0.0307. The number of nitrogens with zero attached hydrogens (tertiary/aromatic N) is 4. The summed E-state index contributed by atoms with van der Waals surface area (Å²) in [6.07, 6.45) is 1.45. The maximum absolute atomic E-state index is 11.1. The third kappa shape index (κ3) is 2.78. The number of nitro groups is 1. The molecule has 0 unspecified atom stereocenters. The van der Waals surface area contributed by atoms with Gasteiger partial charge in [-0.25, -0.2) is 10.8 Å². The van der Waals surface area contributed by atoms with Crippen LogP contribution in [0.1, 0.15) is 11.4 Å². The minimum atomic E-state index is -0.605. The highest BCUT2D eigenvalue weighted by atomic mass is 16.6. The first kappa shape index (κ1) is 13.6. The number of nitrogens with two attached hydrogens (primary N) is 1. The number of aromatic nitrogens is 3. The molecule has 0 aliphatic carbocycles. The topological polar surface area (TPSA) is 129 Å². The van der Waals surface area contributed by atoms with E-state index in [0.29, 0.717) is 5.75 Å². The van der Waals surface area contributed by atoms with Crippen LogP contribution in [0.3, 0.4) is 0 Å². The van der Waals surface area contributed by atoms with Gasteiger partial charge in [0.15, 0.2) is 0 Å². The van der Waals surface area contributed by atoms with Gasteiger partial charge in [-0.3, -0.25) is 20.5 Å². The lowest BCUT2D eigenvalue weighted by Crippen LogP contribution is -2.12. The molecule has 0 radical (unpaired) electrons. The number of anilines is 1. The molecule has 0 bridgehead atoms. The van der Waals surface area contributed by atoms with Crippen molar-refractivity contribution >= 4 is 11.6 Å². The molecule has 3 N–H and O–H groups in total. The fraction of sp³-hybridized carbons (Fsp3) is 0.182. The Bertz CT molecular complexity index is 643. The molecular formula is C11H12N6O3. The number of hydrazine groups is 1. The molecule has 9 heteroatoms. The number of nitrogens with one attached hydrogen (secondary N) is 1. The van der Waals surface area contributed by atoms with E-state index in [2.05, 4.69) is 20.4 Å². The van der Waals surface area contributed by atoms with Crippen LogP contribution < -0.4 is 16.0 Å². The maximum Gasteiger partial charge on any atom is 0.352 e. The Balaban J connectivity index is 2.45. The molecular weight excluding hydrogens is 264 g/mol. The summed E-state index contributed by atoms with van der Waals surface area (Å²) in [5, 5.41) is 11.1. The number of hydrogen-bond donors (Lipinski definition) is 2. The Hall–Kier alpha value is -2.81.